The van der Waals surface area contributed by atoms with Gasteiger partial charge in [-0.25, -0.2) is 59.8 Å². The van der Waals surface area contributed by atoms with Gasteiger partial charge in [0.1, 0.15) is 67.2 Å². The number of aromatic nitrogens is 12. The van der Waals surface area contributed by atoms with Crippen molar-refractivity contribution < 1.29 is 59.4 Å². The van der Waals surface area contributed by atoms with E-state index in [1.807, 2.05) is 101 Å². The zero-order valence-electron chi connectivity index (χ0n) is 72.4. The van der Waals surface area contributed by atoms with Crippen LogP contribution in [0.3, 0.4) is 0 Å². The largest absolute Gasteiger partial charge is 0.386 e. The molecule has 40 heteroatoms. The molecule has 5 aliphatic rings. The van der Waals surface area contributed by atoms with Crippen molar-refractivity contribution >= 4 is 191 Å². The maximum atomic E-state index is 12.7. The number of aryl methyl sites for hydroxylation is 5. The Morgan fingerprint density at radius 3 is 0.855 bits per heavy atom. The van der Waals surface area contributed by atoms with Gasteiger partial charge >= 0.3 is 34.7 Å². The summed E-state index contributed by atoms with van der Waals surface area (Å²) in [6, 6.07) is 34.5. The first kappa shape index (κ1) is 104. The maximum absolute atomic E-state index is 12.7. The van der Waals surface area contributed by atoms with Crippen LogP contribution in [0.4, 0.5) is 69.3 Å². The Labute approximate surface area is 791 Å². The Balaban J connectivity index is 0.000000191. The van der Waals surface area contributed by atoms with Crippen molar-refractivity contribution in [3.05, 3.63) is 282 Å². The smallest absolute Gasteiger partial charge is 0.335 e. The van der Waals surface area contributed by atoms with Gasteiger partial charge < -0.3 is 48.3 Å². The molecule has 12 aromatic rings. The Kier molecular flexibility index (Phi) is 40.2. The molecule has 32 nitrogen and oxygen atoms in total. The summed E-state index contributed by atoms with van der Waals surface area (Å²) in [6.07, 6.45) is 29.0. The number of Topliss-reactive ketones (excluding diaryl/α,β-unsaturated/α-hetero) is 5. The lowest BCUT2D eigenvalue weighted by Gasteiger charge is -2.17. The van der Waals surface area contributed by atoms with Crippen LogP contribution >= 0.6 is 58.0 Å². The van der Waals surface area contributed by atoms with Crippen LogP contribution in [-0.2, 0) is 45.9 Å². The lowest BCUT2D eigenvalue weighted by Crippen LogP contribution is -2.15. The van der Waals surface area contributed by atoms with E-state index < -0.39 is 45.9 Å². The number of hydrogen-bond donors (Lipinski definition) is 9. The van der Waals surface area contributed by atoms with Crippen LogP contribution in [0.2, 0.25) is 25.6 Å². The fourth-order valence-electron chi connectivity index (χ4n) is 11.6. The van der Waals surface area contributed by atoms with Gasteiger partial charge in [-0.05, 0) is 221 Å². The van der Waals surface area contributed by atoms with Crippen molar-refractivity contribution in [1.82, 2.24) is 59.8 Å². The number of anilines is 12. The van der Waals surface area contributed by atoms with Crippen LogP contribution in [0.1, 0.15) is 183 Å². The topological polar surface area (TPSA) is 495 Å². The number of nitrogens with zero attached hydrogens (tertiary/aromatic N) is 12. The van der Waals surface area contributed by atoms with Crippen molar-refractivity contribution in [3.8, 4) is 0 Å². The van der Waals surface area contributed by atoms with Crippen molar-refractivity contribution in [2.24, 2.45) is 29.6 Å². The van der Waals surface area contributed by atoms with Gasteiger partial charge in [0.2, 0.25) is 0 Å². The predicted molar refractivity (Wildman–Crippen MR) is 507 cm³/mol. The summed E-state index contributed by atoms with van der Waals surface area (Å²) >= 11 is 27.0. The SMILES string of the molecule is CC(C)(O)c1ccc(N)nc1.Cc1cccnc1N.Cc1cccnc1Nc1cc(Cl)ncc1C(=O)C1CC1.Cc1cccnc1Nc1cc(Cl)ncc1C(=O)C1CC1.Cc1cccnc1Nc1cc(Cl)ncc1C(=O)C1CC1.Cc1cccnc1Nc1cc(Nc2ccc(C(C)(C)O)cn2)ncc1C(=O)C1CC1.O=C(c1cnc(Cl)cc1Cl)C1CC1.O=S=O.O=S=O.O=S=O. The summed E-state index contributed by atoms with van der Waals surface area (Å²) < 4.78 is 49.7. The van der Waals surface area contributed by atoms with Gasteiger partial charge in [-0.3, -0.25) is 24.0 Å². The molecule has 0 amide bonds. The number of nitrogens with two attached hydrogens (primary N) is 2. The van der Waals surface area contributed by atoms with Gasteiger partial charge in [0.05, 0.1) is 66.8 Å². The fourth-order valence-corrected chi connectivity index (χ4v) is 12.6. The molecule has 12 heterocycles. The molecule has 12 aromatic heterocycles. The first-order valence-electron chi connectivity index (χ1n) is 40.6. The molecule has 131 heavy (non-hydrogen) atoms. The van der Waals surface area contributed by atoms with Crippen LogP contribution < -0.4 is 38.1 Å². The van der Waals surface area contributed by atoms with E-state index in [0.717, 1.165) is 121 Å². The molecule has 0 aromatic carbocycles. The monoisotopic (exact) mass is 1930 g/mol. The number of nitrogen functional groups attached to an aromatic ring is 2. The molecule has 684 valence electrons. The number of halogens is 5. The van der Waals surface area contributed by atoms with Gasteiger partial charge in [-0.1, -0.05) is 100 Å². The van der Waals surface area contributed by atoms with Gasteiger partial charge in [0, 0.05) is 121 Å². The van der Waals surface area contributed by atoms with Crippen LogP contribution in [0.15, 0.2) is 190 Å². The maximum Gasteiger partial charge on any atom is 0.335 e. The van der Waals surface area contributed by atoms with Gasteiger partial charge in [-0.2, -0.15) is 25.3 Å². The quantitative estimate of drug-likeness (QED) is 0.0225. The van der Waals surface area contributed by atoms with E-state index in [2.05, 4.69) is 86.4 Å². The Bertz CT molecular complexity index is 5760. The minimum absolute atomic E-state index is 0.0898. The molecule has 0 saturated heterocycles. The van der Waals surface area contributed by atoms with Crippen LogP contribution in [0, 0.1) is 64.2 Å². The van der Waals surface area contributed by atoms with E-state index in [4.69, 9.17) is 94.7 Å². The fraction of sp³-hybridized carbons (Fsp3) is 0.286. The summed E-state index contributed by atoms with van der Waals surface area (Å²) in [5.74, 6) is 6.38. The molecule has 0 radical (unpaired) electrons. The van der Waals surface area contributed by atoms with Gasteiger partial charge in [0.15, 0.2) is 28.9 Å². The number of pyridine rings is 12. The second-order valence-electron chi connectivity index (χ2n) is 31.2. The molecule has 0 spiro atoms. The first-order valence-corrected chi connectivity index (χ1v) is 44.4. The molecule has 11 N–H and O–H groups in total. The van der Waals surface area contributed by atoms with Crippen LogP contribution in [0.25, 0.3) is 0 Å². The number of aliphatic hydroxyl groups is 2. The average Bonchev–Trinajstić information content (AvgIpc) is 1.74. The molecule has 17 rings (SSSR count). The van der Waals surface area contributed by atoms with E-state index in [1.165, 1.54) is 12.3 Å². The van der Waals surface area contributed by atoms with E-state index >= 15 is 0 Å². The Morgan fingerprint density at radius 2 is 0.595 bits per heavy atom. The standard InChI is InChI=1S/C23H25N5O2.3C15H14ClN3O.C9H7Cl2NO.C8H12N2O.C6H8N2.3O2S/c1-14-5-4-10-24-22(14)27-18-11-20(26-13-17(18)21(29)15-6-7-15)28-19-9-8-16(12-25-19)23(2,3)30;3*1-9-3-2-6-17-15(9)19-12-7-13(16)18-8-11(12)14(20)10-4-5-10;10-7-3-8(11)12-4-6(7)9(13)5-1-2-5;1-8(2,11)6-3-4-7(9)10-5-6;1-5-3-2-4-8-6(5)7;3*1-3-2/h4-5,8-13,15,30H,6-7H2,1-3H3,(H2,24,25,26,27,28);3*2-3,6-8,10H,4-5H2,1H3,(H,17,18,19);3-5H,1-2H2;3-5,11H,1-2H3,(H2,9,10);2-4H,1H3,(H2,7,8);;;. The molecule has 0 aliphatic heterocycles. The summed E-state index contributed by atoms with van der Waals surface area (Å²) in [4.78, 5) is 111. The lowest BCUT2D eigenvalue weighted by atomic mass is 10.0. The van der Waals surface area contributed by atoms with E-state index in [0.29, 0.717) is 105 Å². The molecular formula is C91H94Cl5N19O13S3. The van der Waals surface area contributed by atoms with E-state index in [9.17, 15) is 34.2 Å². The normalized spacial score (nSPS) is 13.0. The van der Waals surface area contributed by atoms with Crippen molar-refractivity contribution in [2.45, 2.75) is 138 Å². The molecule has 5 fully saturated rings. The lowest BCUT2D eigenvalue weighted by molar-refractivity contribution is 0.0777. The van der Waals surface area contributed by atoms with Crippen molar-refractivity contribution in [2.75, 3.05) is 38.1 Å². The highest BCUT2D eigenvalue weighted by atomic mass is 35.5. The summed E-state index contributed by atoms with van der Waals surface area (Å²) in [6.45, 7) is 16.6. The molecular weight excluding hydrogens is 1840 g/mol. The van der Waals surface area contributed by atoms with Gasteiger partial charge in [-0.15, -0.1) is 0 Å². The van der Waals surface area contributed by atoms with Crippen molar-refractivity contribution in [1.29, 1.82) is 0 Å². The highest BCUT2D eigenvalue weighted by Crippen LogP contribution is 2.41. The van der Waals surface area contributed by atoms with E-state index in [-0.39, 0.29) is 58.5 Å². The molecule has 5 saturated carbocycles. The minimum atomic E-state index is -0.952. The average molecular weight is 1940 g/mol. The number of carbonyl (C=O) groups excluding carboxylic acids is 5. The number of ketones is 5. The second kappa shape index (κ2) is 50.7. The molecule has 0 unspecified atom stereocenters. The summed E-state index contributed by atoms with van der Waals surface area (Å²) in [5.41, 5.74) is 21.0. The third kappa shape index (κ3) is 34.1. The predicted octanol–water partition coefficient (Wildman–Crippen LogP) is 18.6. The van der Waals surface area contributed by atoms with E-state index in [1.54, 1.807) is 138 Å². The minimum Gasteiger partial charge on any atom is -0.386 e. The Hall–Kier alpha value is -12.4. The molecule has 5 aliphatic carbocycles. The van der Waals surface area contributed by atoms with Crippen LogP contribution in [-0.4, -0.2) is 124 Å². The number of hydrogen-bond acceptors (Lipinski definition) is 32. The highest BCUT2D eigenvalue weighted by Gasteiger charge is 2.36. The summed E-state index contributed by atoms with van der Waals surface area (Å²) in [7, 11) is 0. The third-order valence-electron chi connectivity index (χ3n) is 19.7. The molecule has 0 bridgehead atoms. The Morgan fingerprint density at radius 1 is 0.328 bits per heavy atom. The molecule has 0 atom stereocenters. The first-order chi connectivity index (χ1) is 62.5. The number of rotatable bonds is 22. The number of carbonyl (C=O) groups is 5. The third-order valence-corrected chi connectivity index (χ3v) is 20.9. The van der Waals surface area contributed by atoms with Crippen LogP contribution in [0.5, 0.6) is 0 Å². The van der Waals surface area contributed by atoms with Crippen molar-refractivity contribution in [3.63, 3.8) is 0 Å². The van der Waals surface area contributed by atoms with Gasteiger partial charge in [0.25, 0.3) is 0 Å². The second-order valence-corrected chi connectivity index (χ2v) is 33.5. The number of nitrogens with one attached hydrogen (secondary N) is 5. The summed E-state index contributed by atoms with van der Waals surface area (Å²) in [5, 5.41) is 37.4. The highest BCUT2D eigenvalue weighted by molar-refractivity contribution is 7.52. The zero-order valence-corrected chi connectivity index (χ0v) is 78.6. The zero-order chi connectivity index (χ0) is 95.7.